The van der Waals surface area contributed by atoms with Gasteiger partial charge in [0.2, 0.25) is 0 Å². The molecule has 0 radical (unpaired) electrons. The van der Waals surface area contributed by atoms with Crippen molar-refractivity contribution in [1.82, 2.24) is 4.90 Å². The molecule has 4 heteroatoms. The van der Waals surface area contributed by atoms with Gasteiger partial charge in [-0.2, -0.15) is 5.26 Å². The highest BCUT2D eigenvalue weighted by molar-refractivity contribution is 5.80. The van der Waals surface area contributed by atoms with Crippen LogP contribution in [-0.2, 0) is 4.79 Å². The smallest absolute Gasteiger partial charge is 0.328 e. The lowest BCUT2D eigenvalue weighted by molar-refractivity contribution is -0.131. The quantitative estimate of drug-likeness (QED) is 0.672. The molecule has 78 valence electrons. The van der Waals surface area contributed by atoms with Gasteiger partial charge in [0.1, 0.15) is 0 Å². The lowest BCUT2D eigenvalue weighted by atomic mass is 10.2. The van der Waals surface area contributed by atoms with E-state index in [0.29, 0.717) is 13.0 Å². The van der Waals surface area contributed by atoms with Crippen LogP contribution in [0.4, 0.5) is 0 Å². The van der Waals surface area contributed by atoms with Crippen LogP contribution in [0.25, 0.3) is 0 Å². The molecule has 1 unspecified atom stereocenters. The predicted octanol–water partition coefficient (Wildman–Crippen LogP) is 1.25. The van der Waals surface area contributed by atoms with Gasteiger partial charge in [-0.15, -0.1) is 0 Å². The number of hydrogen-bond donors (Lipinski definition) is 1. The molecule has 0 aromatic heterocycles. The van der Waals surface area contributed by atoms with Gasteiger partial charge in [0, 0.05) is 18.7 Å². The van der Waals surface area contributed by atoms with Gasteiger partial charge in [0.05, 0.1) is 12.5 Å². The van der Waals surface area contributed by atoms with Crippen LogP contribution in [0.3, 0.4) is 0 Å². The lowest BCUT2D eigenvalue weighted by Gasteiger charge is -2.22. The molecule has 0 aromatic carbocycles. The summed E-state index contributed by atoms with van der Waals surface area (Å²) in [7, 11) is 1.88. The van der Waals surface area contributed by atoms with Crippen molar-refractivity contribution in [2.75, 3.05) is 13.6 Å². The second-order valence-corrected chi connectivity index (χ2v) is 3.46. The first-order valence-corrected chi connectivity index (χ1v) is 4.44. The Hall–Kier alpha value is -1.34. The summed E-state index contributed by atoms with van der Waals surface area (Å²) >= 11 is 0. The van der Waals surface area contributed by atoms with Crippen LogP contribution in [0.5, 0.6) is 0 Å². The van der Waals surface area contributed by atoms with Crippen LogP contribution in [0, 0.1) is 11.3 Å². The summed E-state index contributed by atoms with van der Waals surface area (Å²) in [6.45, 7) is 4.29. The van der Waals surface area contributed by atoms with Crippen LogP contribution in [-0.4, -0.2) is 35.6 Å². The summed E-state index contributed by atoms with van der Waals surface area (Å²) in [6.07, 6.45) is 1.65. The zero-order valence-electron chi connectivity index (χ0n) is 8.82. The maximum Gasteiger partial charge on any atom is 0.328 e. The monoisotopic (exact) mass is 196 g/mol. The summed E-state index contributed by atoms with van der Waals surface area (Å²) < 4.78 is 0. The van der Waals surface area contributed by atoms with E-state index in [2.05, 4.69) is 6.07 Å². The van der Waals surface area contributed by atoms with Crippen molar-refractivity contribution in [3.8, 4) is 6.07 Å². The van der Waals surface area contributed by atoms with Crippen molar-refractivity contribution in [1.29, 1.82) is 5.26 Å². The SMILES string of the molecule is CC(=CC(=O)O)CN(C)C(C)CC#N. The first-order chi connectivity index (χ1) is 6.47. The molecule has 4 nitrogen and oxygen atoms in total. The Balaban J connectivity index is 4.12. The minimum absolute atomic E-state index is 0.150. The highest BCUT2D eigenvalue weighted by atomic mass is 16.4. The van der Waals surface area contributed by atoms with E-state index < -0.39 is 5.97 Å². The molecule has 0 aliphatic carbocycles. The average molecular weight is 196 g/mol. The third kappa shape index (κ3) is 5.33. The second kappa shape index (κ2) is 6.17. The molecule has 0 rings (SSSR count). The number of carboxylic acid groups (broad SMARTS) is 1. The fourth-order valence-corrected chi connectivity index (χ4v) is 1.09. The van der Waals surface area contributed by atoms with Gasteiger partial charge in [0.25, 0.3) is 0 Å². The minimum Gasteiger partial charge on any atom is -0.478 e. The average Bonchev–Trinajstić information content (AvgIpc) is 2.02. The zero-order valence-corrected chi connectivity index (χ0v) is 8.82. The number of carboxylic acids is 1. The Morgan fingerprint density at radius 2 is 2.29 bits per heavy atom. The molecule has 0 aromatic rings. The van der Waals surface area contributed by atoms with Crippen molar-refractivity contribution < 1.29 is 9.90 Å². The van der Waals surface area contributed by atoms with Crippen molar-refractivity contribution in [3.63, 3.8) is 0 Å². The molecule has 1 atom stereocenters. The summed E-state index contributed by atoms with van der Waals surface area (Å²) in [5.41, 5.74) is 0.782. The number of nitrogens with zero attached hydrogens (tertiary/aromatic N) is 2. The Bertz CT molecular complexity index is 266. The molecule has 0 bridgehead atoms. The number of hydrogen-bond acceptors (Lipinski definition) is 3. The van der Waals surface area contributed by atoms with E-state index >= 15 is 0 Å². The normalized spacial score (nSPS) is 13.8. The number of nitriles is 1. The fourth-order valence-electron chi connectivity index (χ4n) is 1.09. The number of aliphatic carboxylic acids is 1. The first-order valence-electron chi connectivity index (χ1n) is 4.44. The molecule has 0 aliphatic rings. The van der Waals surface area contributed by atoms with Crippen molar-refractivity contribution in [3.05, 3.63) is 11.6 Å². The first kappa shape index (κ1) is 12.7. The van der Waals surface area contributed by atoms with Crippen molar-refractivity contribution in [2.45, 2.75) is 26.3 Å². The molecular formula is C10H16N2O2. The third-order valence-corrected chi connectivity index (χ3v) is 2.01. The summed E-state index contributed by atoms with van der Waals surface area (Å²) in [4.78, 5) is 12.3. The largest absolute Gasteiger partial charge is 0.478 e. The Labute approximate surface area is 84.4 Å². The molecular weight excluding hydrogens is 180 g/mol. The Kier molecular flexibility index (Phi) is 5.58. The molecule has 1 N–H and O–H groups in total. The minimum atomic E-state index is -0.927. The van der Waals surface area contributed by atoms with E-state index in [1.807, 2.05) is 18.9 Å². The van der Waals surface area contributed by atoms with E-state index in [0.717, 1.165) is 5.57 Å². The van der Waals surface area contributed by atoms with E-state index in [4.69, 9.17) is 10.4 Å². The summed E-state index contributed by atoms with van der Waals surface area (Å²) in [5.74, 6) is -0.927. The predicted molar refractivity (Wildman–Crippen MR) is 53.7 cm³/mol. The molecule has 0 aliphatic heterocycles. The topological polar surface area (TPSA) is 64.3 Å². The molecule has 0 saturated carbocycles. The maximum atomic E-state index is 10.3. The molecule has 0 saturated heterocycles. The number of likely N-dealkylation sites (N-methyl/N-ethyl adjacent to an activating group) is 1. The lowest BCUT2D eigenvalue weighted by Crippen LogP contribution is -2.30. The van der Waals surface area contributed by atoms with Gasteiger partial charge in [-0.25, -0.2) is 4.79 Å². The standard InChI is InChI=1S/C10H16N2O2/c1-8(6-10(13)14)7-12(3)9(2)4-5-11/h6,9H,4,7H2,1-3H3,(H,13,14). The van der Waals surface area contributed by atoms with E-state index in [9.17, 15) is 4.79 Å². The zero-order chi connectivity index (χ0) is 11.1. The maximum absolute atomic E-state index is 10.3. The fraction of sp³-hybridized carbons (Fsp3) is 0.600. The van der Waals surface area contributed by atoms with Crippen molar-refractivity contribution in [2.24, 2.45) is 0 Å². The third-order valence-electron chi connectivity index (χ3n) is 2.01. The van der Waals surface area contributed by atoms with Crippen LogP contribution < -0.4 is 0 Å². The van der Waals surface area contributed by atoms with Gasteiger partial charge in [0.15, 0.2) is 0 Å². The molecule has 0 heterocycles. The second-order valence-electron chi connectivity index (χ2n) is 3.46. The van der Waals surface area contributed by atoms with Gasteiger partial charge < -0.3 is 5.11 Å². The number of carbonyl (C=O) groups is 1. The van der Waals surface area contributed by atoms with Crippen LogP contribution >= 0.6 is 0 Å². The van der Waals surface area contributed by atoms with Crippen LogP contribution in [0.1, 0.15) is 20.3 Å². The van der Waals surface area contributed by atoms with Gasteiger partial charge in [-0.05, 0) is 20.9 Å². The highest BCUT2D eigenvalue weighted by Gasteiger charge is 2.08. The summed E-state index contributed by atoms with van der Waals surface area (Å²) in [5, 5.41) is 17.0. The highest BCUT2D eigenvalue weighted by Crippen LogP contribution is 2.03. The Morgan fingerprint density at radius 1 is 1.71 bits per heavy atom. The molecule has 14 heavy (non-hydrogen) atoms. The van der Waals surface area contributed by atoms with Crippen molar-refractivity contribution >= 4 is 5.97 Å². The van der Waals surface area contributed by atoms with E-state index in [1.54, 1.807) is 6.92 Å². The van der Waals surface area contributed by atoms with Gasteiger partial charge in [-0.3, -0.25) is 4.90 Å². The van der Waals surface area contributed by atoms with E-state index in [-0.39, 0.29) is 6.04 Å². The van der Waals surface area contributed by atoms with Gasteiger partial charge >= 0.3 is 5.97 Å². The number of rotatable bonds is 5. The van der Waals surface area contributed by atoms with Crippen LogP contribution in [0.2, 0.25) is 0 Å². The molecule has 0 spiro atoms. The van der Waals surface area contributed by atoms with E-state index in [1.165, 1.54) is 6.08 Å². The Morgan fingerprint density at radius 3 is 2.71 bits per heavy atom. The summed E-state index contributed by atoms with van der Waals surface area (Å²) in [6, 6.07) is 2.24. The van der Waals surface area contributed by atoms with Crippen LogP contribution in [0.15, 0.2) is 11.6 Å². The molecule has 0 fully saturated rings. The van der Waals surface area contributed by atoms with Gasteiger partial charge in [-0.1, -0.05) is 5.57 Å². The molecule has 0 amide bonds.